The first-order valence-corrected chi connectivity index (χ1v) is 11.3. The lowest BCUT2D eigenvalue weighted by atomic mass is 9.82. The Labute approximate surface area is 179 Å². The molecule has 2 aliphatic rings. The molecule has 1 heterocycles. The van der Waals surface area contributed by atoms with E-state index in [1.807, 2.05) is 0 Å². The zero-order chi connectivity index (χ0) is 21.9. The lowest BCUT2D eigenvalue weighted by Gasteiger charge is -2.30. The van der Waals surface area contributed by atoms with Crippen LogP contribution in [0.25, 0.3) is 0 Å². The molecule has 2 atom stereocenters. The number of benzene rings is 1. The Bertz CT molecular complexity index is 781. The average Bonchev–Trinajstić information content (AvgIpc) is 2.95. The van der Waals surface area contributed by atoms with Gasteiger partial charge in [-0.15, -0.1) is 0 Å². The van der Waals surface area contributed by atoms with Gasteiger partial charge in [0.2, 0.25) is 5.91 Å². The highest BCUT2D eigenvalue weighted by molar-refractivity contribution is 6.09. The van der Waals surface area contributed by atoms with E-state index in [4.69, 9.17) is 0 Å². The normalized spacial score (nSPS) is 20.4. The summed E-state index contributed by atoms with van der Waals surface area (Å²) < 4.78 is 0. The van der Waals surface area contributed by atoms with E-state index >= 15 is 0 Å². The van der Waals surface area contributed by atoms with Gasteiger partial charge in [-0.05, 0) is 42.2 Å². The topological polar surface area (TPSA) is 78.5 Å². The van der Waals surface area contributed by atoms with Crippen LogP contribution >= 0.6 is 0 Å². The third-order valence-electron chi connectivity index (χ3n) is 6.71. The molecule has 1 saturated carbocycles. The Morgan fingerprint density at radius 1 is 1.07 bits per heavy atom. The quantitative estimate of drug-likeness (QED) is 0.655. The Hall–Kier alpha value is -2.37. The summed E-state index contributed by atoms with van der Waals surface area (Å²) in [6, 6.07) is 7.75. The van der Waals surface area contributed by atoms with Crippen molar-refractivity contribution in [1.82, 2.24) is 15.5 Å². The summed E-state index contributed by atoms with van der Waals surface area (Å²) in [7, 11) is 0. The van der Waals surface area contributed by atoms with E-state index in [9.17, 15) is 14.4 Å². The van der Waals surface area contributed by atoms with Crippen LogP contribution in [0.1, 0.15) is 89.3 Å². The molecule has 1 aromatic carbocycles. The van der Waals surface area contributed by atoms with Crippen molar-refractivity contribution < 1.29 is 14.4 Å². The minimum atomic E-state index is -0.793. The van der Waals surface area contributed by atoms with Crippen LogP contribution in [-0.2, 0) is 9.59 Å². The van der Waals surface area contributed by atoms with Crippen LogP contribution < -0.4 is 10.6 Å². The summed E-state index contributed by atoms with van der Waals surface area (Å²) in [4.78, 5) is 39.2. The molecular weight excluding hydrogens is 378 g/mol. The number of amides is 4. The van der Waals surface area contributed by atoms with Gasteiger partial charge < -0.3 is 10.6 Å². The standard InChI is InChI=1S/C24H35N3O3/c1-5-17(4)18-9-11-19(12-10-18)21(16(2)3)25-20(28)15-27-22(29)24(26-23(27)30)13-7-6-8-14-24/h9-12,16-17,21H,5-8,13-15H2,1-4H3,(H,25,28)(H,26,30). The highest BCUT2D eigenvalue weighted by Gasteiger charge is 2.51. The summed E-state index contributed by atoms with van der Waals surface area (Å²) in [5.41, 5.74) is 1.53. The van der Waals surface area contributed by atoms with Crippen LogP contribution in [0.2, 0.25) is 0 Å². The van der Waals surface area contributed by atoms with E-state index < -0.39 is 11.6 Å². The second-order valence-electron chi connectivity index (χ2n) is 9.23. The second kappa shape index (κ2) is 9.19. The zero-order valence-electron chi connectivity index (χ0n) is 18.7. The largest absolute Gasteiger partial charge is 0.347 e. The molecule has 2 unspecified atom stereocenters. The maximum atomic E-state index is 12.9. The monoisotopic (exact) mass is 413 g/mol. The number of urea groups is 1. The molecular formula is C24H35N3O3. The smallest absolute Gasteiger partial charge is 0.325 e. The molecule has 0 aromatic heterocycles. The lowest BCUT2D eigenvalue weighted by Crippen LogP contribution is -2.49. The number of carbonyl (C=O) groups excluding carboxylic acids is 3. The van der Waals surface area contributed by atoms with Crippen molar-refractivity contribution in [2.75, 3.05) is 6.54 Å². The fourth-order valence-corrected chi connectivity index (χ4v) is 4.58. The third kappa shape index (κ3) is 4.52. The van der Waals surface area contributed by atoms with Crippen LogP contribution in [0.3, 0.4) is 0 Å². The molecule has 1 aliphatic carbocycles. The molecule has 0 radical (unpaired) electrons. The number of hydrogen-bond donors (Lipinski definition) is 2. The molecule has 1 aromatic rings. The van der Waals surface area contributed by atoms with E-state index in [2.05, 4.69) is 62.6 Å². The van der Waals surface area contributed by atoms with E-state index in [0.29, 0.717) is 18.8 Å². The molecule has 164 valence electrons. The first kappa shape index (κ1) is 22.3. The van der Waals surface area contributed by atoms with Crippen LogP contribution in [0, 0.1) is 5.92 Å². The Morgan fingerprint density at radius 2 is 1.67 bits per heavy atom. The van der Waals surface area contributed by atoms with Crippen molar-refractivity contribution in [3.8, 4) is 0 Å². The summed E-state index contributed by atoms with van der Waals surface area (Å²) in [6.45, 7) is 8.24. The lowest BCUT2D eigenvalue weighted by molar-refractivity contribution is -0.136. The van der Waals surface area contributed by atoms with Crippen LogP contribution in [-0.4, -0.2) is 34.8 Å². The Morgan fingerprint density at radius 3 is 2.23 bits per heavy atom. The molecule has 6 nitrogen and oxygen atoms in total. The van der Waals surface area contributed by atoms with Crippen LogP contribution in [0.5, 0.6) is 0 Å². The van der Waals surface area contributed by atoms with Gasteiger partial charge in [0.1, 0.15) is 12.1 Å². The number of rotatable bonds is 7. The minimum absolute atomic E-state index is 0.173. The van der Waals surface area contributed by atoms with Crippen LogP contribution in [0.15, 0.2) is 24.3 Å². The molecule has 1 saturated heterocycles. The van der Waals surface area contributed by atoms with Gasteiger partial charge in [-0.2, -0.15) is 0 Å². The van der Waals surface area contributed by atoms with Gasteiger partial charge >= 0.3 is 6.03 Å². The number of hydrogen-bond acceptors (Lipinski definition) is 3. The zero-order valence-corrected chi connectivity index (χ0v) is 18.7. The fraction of sp³-hybridized carbons (Fsp3) is 0.625. The maximum absolute atomic E-state index is 12.9. The number of carbonyl (C=O) groups is 3. The van der Waals surface area contributed by atoms with E-state index in [1.165, 1.54) is 5.56 Å². The van der Waals surface area contributed by atoms with Gasteiger partial charge in [-0.25, -0.2) is 4.79 Å². The SMILES string of the molecule is CCC(C)c1ccc(C(NC(=O)CN2C(=O)NC3(CCCCC3)C2=O)C(C)C)cc1. The highest BCUT2D eigenvalue weighted by Crippen LogP contribution is 2.33. The van der Waals surface area contributed by atoms with Crippen molar-refractivity contribution in [3.05, 3.63) is 35.4 Å². The first-order chi connectivity index (χ1) is 14.3. The molecule has 1 spiro atoms. The number of nitrogens with one attached hydrogen (secondary N) is 2. The van der Waals surface area contributed by atoms with Crippen molar-refractivity contribution in [1.29, 1.82) is 0 Å². The van der Waals surface area contributed by atoms with Crippen molar-refractivity contribution in [2.24, 2.45) is 5.92 Å². The summed E-state index contributed by atoms with van der Waals surface area (Å²) in [6.07, 6.45) is 5.33. The average molecular weight is 414 g/mol. The van der Waals surface area contributed by atoms with Crippen molar-refractivity contribution >= 4 is 17.8 Å². The molecule has 2 fully saturated rings. The van der Waals surface area contributed by atoms with E-state index in [0.717, 1.165) is 36.1 Å². The third-order valence-corrected chi connectivity index (χ3v) is 6.71. The van der Waals surface area contributed by atoms with Crippen LogP contribution in [0.4, 0.5) is 4.79 Å². The molecule has 6 heteroatoms. The summed E-state index contributed by atoms with van der Waals surface area (Å²) in [5, 5.41) is 5.90. The van der Waals surface area contributed by atoms with Gasteiger partial charge in [0.15, 0.2) is 0 Å². The van der Waals surface area contributed by atoms with Gasteiger partial charge in [0, 0.05) is 0 Å². The molecule has 3 rings (SSSR count). The molecule has 1 aliphatic heterocycles. The molecule has 30 heavy (non-hydrogen) atoms. The number of nitrogens with zero attached hydrogens (tertiary/aromatic N) is 1. The highest BCUT2D eigenvalue weighted by atomic mass is 16.2. The molecule has 4 amide bonds. The molecule has 2 N–H and O–H groups in total. The first-order valence-electron chi connectivity index (χ1n) is 11.3. The van der Waals surface area contributed by atoms with Crippen molar-refractivity contribution in [3.63, 3.8) is 0 Å². The van der Waals surface area contributed by atoms with Gasteiger partial charge in [-0.1, -0.05) is 71.2 Å². The summed E-state index contributed by atoms with van der Waals surface area (Å²) >= 11 is 0. The fourth-order valence-electron chi connectivity index (χ4n) is 4.58. The van der Waals surface area contributed by atoms with E-state index in [1.54, 1.807) is 0 Å². The predicted molar refractivity (Wildman–Crippen MR) is 117 cm³/mol. The van der Waals surface area contributed by atoms with E-state index in [-0.39, 0.29) is 30.3 Å². The van der Waals surface area contributed by atoms with Gasteiger partial charge in [0.05, 0.1) is 6.04 Å². The predicted octanol–water partition coefficient (Wildman–Crippen LogP) is 4.27. The van der Waals surface area contributed by atoms with Gasteiger partial charge in [0.25, 0.3) is 5.91 Å². The second-order valence-corrected chi connectivity index (χ2v) is 9.23. The maximum Gasteiger partial charge on any atom is 0.325 e. The number of imide groups is 1. The molecule has 0 bridgehead atoms. The summed E-state index contributed by atoms with van der Waals surface area (Å²) in [5.74, 6) is 0.117. The Balaban J connectivity index is 1.67. The Kier molecular flexibility index (Phi) is 6.84. The minimum Gasteiger partial charge on any atom is -0.347 e. The van der Waals surface area contributed by atoms with Crippen molar-refractivity contribution in [2.45, 2.75) is 83.7 Å². The van der Waals surface area contributed by atoms with Gasteiger partial charge in [-0.3, -0.25) is 14.5 Å².